The maximum Gasteiger partial charge on any atom is 0.397 e. The number of rotatable bonds is 1. The van der Waals surface area contributed by atoms with Gasteiger partial charge in [0.1, 0.15) is 6.10 Å². The topological polar surface area (TPSA) is 46.6 Å². The van der Waals surface area contributed by atoms with Gasteiger partial charge in [0.25, 0.3) is 0 Å². The van der Waals surface area contributed by atoms with Crippen molar-refractivity contribution in [3.05, 3.63) is 35.9 Å². The second-order valence-corrected chi connectivity index (χ2v) is 3.89. The molecule has 0 unspecified atom stereocenters. The van der Waals surface area contributed by atoms with Crippen LogP contribution in [0.15, 0.2) is 30.3 Å². The number of amides is 1. The van der Waals surface area contributed by atoms with Crippen molar-refractivity contribution >= 4 is 11.9 Å². The number of cyclic esters (lactones) is 1. The summed E-state index contributed by atoms with van der Waals surface area (Å²) in [5, 5.41) is 0. The molecule has 1 saturated heterocycles. The van der Waals surface area contributed by atoms with E-state index in [-0.39, 0.29) is 12.1 Å². The monoisotopic (exact) mass is 219 g/mol. The quantitative estimate of drug-likeness (QED) is 0.525. The number of esters is 1. The van der Waals surface area contributed by atoms with Crippen LogP contribution in [-0.2, 0) is 14.3 Å². The number of hydrogen-bond acceptors (Lipinski definition) is 3. The van der Waals surface area contributed by atoms with Crippen LogP contribution in [0.2, 0.25) is 0 Å². The molecule has 1 amide bonds. The summed E-state index contributed by atoms with van der Waals surface area (Å²) >= 11 is 0. The van der Waals surface area contributed by atoms with E-state index in [2.05, 4.69) is 0 Å². The third-order valence-electron chi connectivity index (χ3n) is 2.91. The van der Waals surface area contributed by atoms with E-state index in [9.17, 15) is 9.59 Å². The van der Waals surface area contributed by atoms with Crippen LogP contribution in [0.1, 0.15) is 18.6 Å². The Bertz CT molecular complexity index is 416. The summed E-state index contributed by atoms with van der Waals surface area (Å²) in [6.45, 7) is 1.86. The molecule has 0 aromatic heterocycles. The van der Waals surface area contributed by atoms with Crippen LogP contribution in [0.3, 0.4) is 0 Å². The highest BCUT2D eigenvalue weighted by atomic mass is 16.6. The van der Waals surface area contributed by atoms with E-state index in [1.54, 1.807) is 7.05 Å². The van der Waals surface area contributed by atoms with Crippen molar-refractivity contribution in [2.75, 3.05) is 7.05 Å². The number of ether oxygens (including phenoxy) is 1. The van der Waals surface area contributed by atoms with Crippen LogP contribution < -0.4 is 0 Å². The molecule has 1 aliphatic rings. The summed E-state index contributed by atoms with van der Waals surface area (Å²) in [5.74, 6) is -1.37. The molecule has 16 heavy (non-hydrogen) atoms. The molecule has 2 atom stereocenters. The molecule has 1 heterocycles. The van der Waals surface area contributed by atoms with E-state index in [0.717, 1.165) is 5.56 Å². The van der Waals surface area contributed by atoms with Gasteiger partial charge in [-0.1, -0.05) is 30.3 Å². The van der Waals surface area contributed by atoms with Gasteiger partial charge in [0.05, 0.1) is 6.04 Å². The van der Waals surface area contributed by atoms with Crippen molar-refractivity contribution in [2.45, 2.75) is 19.1 Å². The molecule has 1 aromatic rings. The lowest BCUT2D eigenvalue weighted by molar-refractivity contribution is -0.176. The van der Waals surface area contributed by atoms with Crippen LogP contribution >= 0.6 is 0 Å². The summed E-state index contributed by atoms with van der Waals surface area (Å²) in [4.78, 5) is 24.1. The van der Waals surface area contributed by atoms with Gasteiger partial charge in [-0.2, -0.15) is 0 Å². The summed E-state index contributed by atoms with van der Waals surface area (Å²) in [5.41, 5.74) is 0.905. The molecular formula is C12H13NO3. The highest BCUT2D eigenvalue weighted by Gasteiger charge is 2.38. The zero-order valence-electron chi connectivity index (χ0n) is 9.21. The second-order valence-electron chi connectivity index (χ2n) is 3.89. The number of likely N-dealkylation sites (N-methyl/N-ethyl adjacent to an activating group) is 1. The first-order chi connectivity index (χ1) is 7.61. The normalized spacial score (nSPS) is 25.5. The van der Waals surface area contributed by atoms with Gasteiger partial charge in [-0.15, -0.1) is 0 Å². The van der Waals surface area contributed by atoms with E-state index in [1.165, 1.54) is 4.90 Å². The van der Waals surface area contributed by atoms with Crippen molar-refractivity contribution in [2.24, 2.45) is 0 Å². The Morgan fingerprint density at radius 2 is 1.81 bits per heavy atom. The van der Waals surface area contributed by atoms with Crippen LogP contribution in [0.4, 0.5) is 0 Å². The smallest absolute Gasteiger partial charge is 0.397 e. The summed E-state index contributed by atoms with van der Waals surface area (Å²) in [6.07, 6.45) is -0.378. The molecule has 4 nitrogen and oxygen atoms in total. The average molecular weight is 219 g/mol. The van der Waals surface area contributed by atoms with E-state index in [4.69, 9.17) is 4.74 Å². The van der Waals surface area contributed by atoms with Gasteiger partial charge in [0.2, 0.25) is 0 Å². The van der Waals surface area contributed by atoms with Crippen molar-refractivity contribution in [1.82, 2.24) is 4.90 Å². The Morgan fingerprint density at radius 3 is 2.44 bits per heavy atom. The second kappa shape index (κ2) is 3.96. The lowest BCUT2D eigenvalue weighted by Crippen LogP contribution is -2.49. The van der Waals surface area contributed by atoms with Gasteiger partial charge in [-0.3, -0.25) is 4.79 Å². The molecule has 0 N–H and O–H groups in total. The predicted molar refractivity (Wildman–Crippen MR) is 57.5 cm³/mol. The van der Waals surface area contributed by atoms with Gasteiger partial charge in [-0.05, 0) is 12.5 Å². The van der Waals surface area contributed by atoms with Crippen molar-refractivity contribution in [3.8, 4) is 0 Å². The molecule has 0 saturated carbocycles. The number of carbonyl (C=O) groups is 2. The first kappa shape index (κ1) is 10.7. The summed E-state index contributed by atoms with van der Waals surface area (Å²) < 4.78 is 5.14. The Labute approximate surface area is 93.8 Å². The minimum Gasteiger partial charge on any atom is -0.448 e. The molecule has 0 bridgehead atoms. The van der Waals surface area contributed by atoms with Gasteiger partial charge in [0, 0.05) is 7.05 Å². The molecular weight excluding hydrogens is 206 g/mol. The molecule has 4 heteroatoms. The molecule has 0 radical (unpaired) electrons. The molecule has 1 aliphatic heterocycles. The highest BCUT2D eigenvalue weighted by molar-refractivity contribution is 6.32. The Balaban J connectivity index is 2.30. The number of hydrogen-bond donors (Lipinski definition) is 0. The number of benzene rings is 1. The van der Waals surface area contributed by atoms with E-state index in [1.807, 2.05) is 37.3 Å². The maximum atomic E-state index is 11.4. The Morgan fingerprint density at radius 1 is 1.19 bits per heavy atom. The Kier molecular flexibility index (Phi) is 2.64. The van der Waals surface area contributed by atoms with Crippen LogP contribution in [-0.4, -0.2) is 29.9 Å². The predicted octanol–water partition coefficient (Wildman–Crippen LogP) is 1.13. The van der Waals surface area contributed by atoms with Crippen molar-refractivity contribution in [3.63, 3.8) is 0 Å². The zero-order chi connectivity index (χ0) is 11.7. The number of morpholine rings is 1. The lowest BCUT2D eigenvalue weighted by Gasteiger charge is -2.35. The van der Waals surface area contributed by atoms with Gasteiger partial charge < -0.3 is 9.64 Å². The summed E-state index contributed by atoms with van der Waals surface area (Å²) in [6, 6.07) is 9.29. The van der Waals surface area contributed by atoms with Gasteiger partial charge >= 0.3 is 11.9 Å². The number of carbonyl (C=O) groups excluding carboxylic acids is 2. The third-order valence-corrected chi connectivity index (χ3v) is 2.91. The van der Waals surface area contributed by atoms with E-state index < -0.39 is 11.9 Å². The van der Waals surface area contributed by atoms with E-state index in [0.29, 0.717) is 0 Å². The summed E-state index contributed by atoms with van der Waals surface area (Å²) in [7, 11) is 1.61. The fraction of sp³-hybridized carbons (Fsp3) is 0.333. The largest absolute Gasteiger partial charge is 0.448 e. The fourth-order valence-corrected chi connectivity index (χ4v) is 1.79. The molecule has 0 spiro atoms. The van der Waals surface area contributed by atoms with Gasteiger partial charge in [-0.25, -0.2) is 4.79 Å². The molecule has 1 fully saturated rings. The number of nitrogens with zero attached hydrogens (tertiary/aromatic N) is 1. The SMILES string of the molecule is C[C@@H]1[C@@H](c2ccccc2)OC(=O)C(=O)N1C. The fourth-order valence-electron chi connectivity index (χ4n) is 1.79. The van der Waals surface area contributed by atoms with Crippen LogP contribution in [0, 0.1) is 0 Å². The first-order valence-electron chi connectivity index (χ1n) is 5.14. The van der Waals surface area contributed by atoms with Crippen LogP contribution in [0.5, 0.6) is 0 Å². The maximum absolute atomic E-state index is 11.4. The molecule has 0 aliphatic carbocycles. The first-order valence-corrected chi connectivity index (χ1v) is 5.14. The molecule has 2 rings (SSSR count). The van der Waals surface area contributed by atoms with Crippen LogP contribution in [0.25, 0.3) is 0 Å². The zero-order valence-corrected chi connectivity index (χ0v) is 9.21. The van der Waals surface area contributed by atoms with E-state index >= 15 is 0 Å². The minimum absolute atomic E-state index is 0.146. The highest BCUT2D eigenvalue weighted by Crippen LogP contribution is 2.28. The third kappa shape index (κ3) is 1.66. The van der Waals surface area contributed by atoms with Gasteiger partial charge in [0.15, 0.2) is 0 Å². The Hall–Kier alpha value is -1.84. The van der Waals surface area contributed by atoms with Crippen molar-refractivity contribution in [1.29, 1.82) is 0 Å². The molecule has 1 aromatic carbocycles. The lowest BCUT2D eigenvalue weighted by atomic mass is 10.0. The average Bonchev–Trinajstić information content (AvgIpc) is 2.32. The minimum atomic E-state index is -0.783. The molecule has 84 valence electrons. The standard InChI is InChI=1S/C12H13NO3/c1-8-10(9-6-4-3-5-7-9)16-12(15)11(14)13(8)2/h3-8,10H,1-2H3/t8-,10+/m1/s1. The van der Waals surface area contributed by atoms with Crippen molar-refractivity contribution < 1.29 is 14.3 Å².